The number of allylic oxidation sites excluding steroid dienone is 1. The summed E-state index contributed by atoms with van der Waals surface area (Å²) >= 11 is 3.04. The highest BCUT2D eigenvalue weighted by Gasteiger charge is 2.42. The van der Waals surface area contributed by atoms with Gasteiger partial charge in [0.2, 0.25) is 0 Å². The zero-order chi connectivity index (χ0) is 14.8. The van der Waals surface area contributed by atoms with Crippen LogP contribution in [-0.2, 0) is 23.8 Å². The van der Waals surface area contributed by atoms with Crippen molar-refractivity contribution in [1.29, 1.82) is 0 Å². The molecule has 7 heteroatoms. The Morgan fingerprint density at radius 3 is 2.70 bits per heavy atom. The lowest BCUT2D eigenvalue weighted by Gasteiger charge is -2.28. The van der Waals surface area contributed by atoms with E-state index in [9.17, 15) is 9.59 Å². The first kappa shape index (κ1) is 15.9. The van der Waals surface area contributed by atoms with Crippen molar-refractivity contribution in [2.45, 2.75) is 38.8 Å². The van der Waals surface area contributed by atoms with Gasteiger partial charge in [-0.15, -0.1) is 23.5 Å². The van der Waals surface area contributed by atoms with Crippen LogP contribution in [0.4, 0.5) is 0 Å². The maximum Gasteiger partial charge on any atom is 0.303 e. The Morgan fingerprint density at radius 2 is 2.15 bits per heavy atom. The molecular weight excluding hydrogens is 300 g/mol. The average molecular weight is 318 g/mol. The van der Waals surface area contributed by atoms with Gasteiger partial charge in [0.05, 0.1) is 11.5 Å². The van der Waals surface area contributed by atoms with Gasteiger partial charge in [-0.1, -0.05) is 0 Å². The summed E-state index contributed by atoms with van der Waals surface area (Å²) in [5.41, 5.74) is 0. The van der Waals surface area contributed by atoms with Crippen molar-refractivity contribution < 1.29 is 23.8 Å². The number of thioether (sulfide) groups is 2. The van der Waals surface area contributed by atoms with Crippen LogP contribution in [0.3, 0.4) is 0 Å². The molecule has 2 aliphatic rings. The van der Waals surface area contributed by atoms with E-state index in [1.54, 1.807) is 11.8 Å². The Morgan fingerprint density at radius 1 is 1.45 bits per heavy atom. The highest BCUT2D eigenvalue weighted by Crippen LogP contribution is 2.39. The van der Waals surface area contributed by atoms with Gasteiger partial charge >= 0.3 is 5.97 Å². The van der Waals surface area contributed by atoms with Gasteiger partial charge in [0.1, 0.15) is 6.10 Å². The van der Waals surface area contributed by atoms with Gasteiger partial charge in [0.25, 0.3) is 0 Å². The second-order valence-electron chi connectivity index (χ2n) is 4.94. The molecular formula is C13H18O5S2. The molecule has 112 valence electrons. The molecule has 2 aliphatic heterocycles. The number of aldehydes is 1. The molecule has 20 heavy (non-hydrogen) atoms. The van der Waals surface area contributed by atoms with E-state index in [1.807, 2.05) is 13.8 Å². The van der Waals surface area contributed by atoms with E-state index in [1.165, 1.54) is 18.7 Å². The van der Waals surface area contributed by atoms with Crippen molar-refractivity contribution >= 4 is 35.8 Å². The Hall–Kier alpha value is -0.500. The summed E-state index contributed by atoms with van der Waals surface area (Å²) in [4.78, 5) is 24.0. The summed E-state index contributed by atoms with van der Waals surface area (Å²) in [6.45, 7) is 5.33. The molecule has 0 aromatic carbocycles. The SMILES string of the molecule is CC(=O)O[C@@H](C1=C(C=O)SCCS1)[C@@H]1COC(C)(C)O1. The van der Waals surface area contributed by atoms with Gasteiger partial charge in [0.15, 0.2) is 18.2 Å². The number of carbonyl (C=O) groups is 2. The number of rotatable bonds is 4. The predicted molar refractivity (Wildman–Crippen MR) is 78.5 cm³/mol. The topological polar surface area (TPSA) is 61.8 Å². The second-order valence-corrected chi connectivity index (χ2v) is 7.21. The van der Waals surface area contributed by atoms with E-state index in [4.69, 9.17) is 14.2 Å². The molecule has 1 saturated heterocycles. The van der Waals surface area contributed by atoms with Crippen LogP contribution in [0.5, 0.6) is 0 Å². The van der Waals surface area contributed by atoms with Crippen molar-refractivity contribution in [1.82, 2.24) is 0 Å². The van der Waals surface area contributed by atoms with Gasteiger partial charge in [-0.3, -0.25) is 9.59 Å². The molecule has 2 rings (SSSR count). The lowest BCUT2D eigenvalue weighted by atomic mass is 10.2. The van der Waals surface area contributed by atoms with E-state index >= 15 is 0 Å². The third-order valence-corrected chi connectivity index (χ3v) is 5.46. The predicted octanol–water partition coefficient (Wildman–Crippen LogP) is 1.96. The van der Waals surface area contributed by atoms with Gasteiger partial charge < -0.3 is 14.2 Å². The first-order chi connectivity index (χ1) is 9.43. The second kappa shape index (κ2) is 6.51. The standard InChI is InChI=1S/C13H18O5S2/c1-8(15)17-11(9-7-16-13(2,3)18-9)12-10(6-14)19-4-5-20-12/h6,9,11H,4-5,7H2,1-3H3/t9-,11+/m0/s1. The number of hydrogen-bond donors (Lipinski definition) is 0. The molecule has 0 aromatic rings. The van der Waals surface area contributed by atoms with Gasteiger partial charge in [-0.2, -0.15) is 0 Å². The van der Waals surface area contributed by atoms with Crippen LogP contribution in [0.15, 0.2) is 9.81 Å². The maximum atomic E-state index is 11.4. The third-order valence-electron chi connectivity index (χ3n) is 2.87. The largest absolute Gasteiger partial charge is 0.454 e. The average Bonchev–Trinajstić information content (AvgIpc) is 2.76. The van der Waals surface area contributed by atoms with Crippen molar-refractivity contribution in [2.24, 2.45) is 0 Å². The van der Waals surface area contributed by atoms with E-state index in [0.29, 0.717) is 11.5 Å². The summed E-state index contributed by atoms with van der Waals surface area (Å²) in [5, 5.41) is 0. The van der Waals surface area contributed by atoms with Gasteiger partial charge in [-0.25, -0.2) is 0 Å². The molecule has 5 nitrogen and oxygen atoms in total. The zero-order valence-corrected chi connectivity index (χ0v) is 13.3. The Labute approximate surface area is 126 Å². The van der Waals surface area contributed by atoms with E-state index in [-0.39, 0.29) is 6.10 Å². The van der Waals surface area contributed by atoms with Gasteiger partial charge in [0, 0.05) is 23.3 Å². The van der Waals surface area contributed by atoms with Crippen LogP contribution >= 0.6 is 23.5 Å². The fourth-order valence-electron chi connectivity index (χ4n) is 2.10. The van der Waals surface area contributed by atoms with Crippen LogP contribution in [0.2, 0.25) is 0 Å². The third kappa shape index (κ3) is 3.78. The maximum absolute atomic E-state index is 11.4. The molecule has 0 saturated carbocycles. The minimum absolute atomic E-state index is 0.339. The molecule has 0 radical (unpaired) electrons. The van der Waals surface area contributed by atoms with Crippen molar-refractivity contribution in [3.63, 3.8) is 0 Å². The Balaban J connectivity index is 2.25. The van der Waals surface area contributed by atoms with Crippen molar-refractivity contribution in [3.05, 3.63) is 9.81 Å². The lowest BCUT2D eigenvalue weighted by Crippen LogP contribution is -2.36. The van der Waals surface area contributed by atoms with Crippen LogP contribution in [-0.4, -0.2) is 48.4 Å². The zero-order valence-electron chi connectivity index (χ0n) is 11.7. The van der Waals surface area contributed by atoms with Crippen LogP contribution in [0.25, 0.3) is 0 Å². The van der Waals surface area contributed by atoms with Crippen molar-refractivity contribution in [2.75, 3.05) is 18.1 Å². The molecule has 0 unspecified atom stereocenters. The Kier molecular flexibility index (Phi) is 5.17. The Bertz CT molecular complexity index is 432. The summed E-state index contributed by atoms with van der Waals surface area (Å²) in [7, 11) is 0. The van der Waals surface area contributed by atoms with E-state index in [0.717, 1.165) is 22.7 Å². The molecule has 2 heterocycles. The van der Waals surface area contributed by atoms with Crippen LogP contribution < -0.4 is 0 Å². The van der Waals surface area contributed by atoms with Crippen LogP contribution in [0, 0.1) is 0 Å². The van der Waals surface area contributed by atoms with E-state index in [2.05, 4.69) is 0 Å². The van der Waals surface area contributed by atoms with Gasteiger partial charge in [-0.05, 0) is 13.8 Å². The quantitative estimate of drug-likeness (QED) is 0.580. The fourth-order valence-corrected chi connectivity index (χ4v) is 4.44. The molecule has 0 spiro atoms. The lowest BCUT2D eigenvalue weighted by molar-refractivity contribution is -0.164. The minimum atomic E-state index is -0.697. The molecule has 0 aromatic heterocycles. The number of hydrogen-bond acceptors (Lipinski definition) is 7. The molecule has 0 bridgehead atoms. The summed E-state index contributed by atoms with van der Waals surface area (Å²) in [6, 6.07) is 0. The monoisotopic (exact) mass is 318 g/mol. The fraction of sp³-hybridized carbons (Fsp3) is 0.692. The molecule has 1 fully saturated rings. The number of carbonyl (C=O) groups excluding carboxylic acids is 2. The van der Waals surface area contributed by atoms with Crippen molar-refractivity contribution in [3.8, 4) is 0 Å². The molecule has 0 N–H and O–H groups in total. The molecule has 0 aliphatic carbocycles. The number of ether oxygens (including phenoxy) is 3. The number of esters is 1. The normalized spacial score (nSPS) is 27.2. The molecule has 0 amide bonds. The summed E-state index contributed by atoms with van der Waals surface area (Å²) in [5.74, 6) is 0.670. The first-order valence-corrected chi connectivity index (χ1v) is 8.34. The van der Waals surface area contributed by atoms with E-state index < -0.39 is 17.9 Å². The highest BCUT2D eigenvalue weighted by atomic mass is 32.2. The van der Waals surface area contributed by atoms with Crippen LogP contribution in [0.1, 0.15) is 20.8 Å². The minimum Gasteiger partial charge on any atom is -0.454 e. The molecule has 2 atom stereocenters. The summed E-state index contributed by atoms with van der Waals surface area (Å²) < 4.78 is 16.7. The highest BCUT2D eigenvalue weighted by molar-refractivity contribution is 8.10. The smallest absolute Gasteiger partial charge is 0.303 e. The summed E-state index contributed by atoms with van der Waals surface area (Å²) in [6.07, 6.45) is -0.138. The first-order valence-electron chi connectivity index (χ1n) is 6.37.